The van der Waals surface area contributed by atoms with Crippen LogP contribution in [0.25, 0.3) is 0 Å². The predicted octanol–water partition coefficient (Wildman–Crippen LogP) is 1.13. The number of hydrogen-bond donors (Lipinski definition) is 1. The Labute approximate surface area is 84.4 Å². The van der Waals surface area contributed by atoms with Gasteiger partial charge in [-0.2, -0.15) is 13.2 Å². The molecular weight excluding hydrogens is 213 g/mol. The number of carbonyl (C=O) groups excluding carboxylic acids is 2. The molecule has 2 unspecified atom stereocenters. The van der Waals surface area contributed by atoms with Crippen molar-refractivity contribution in [2.45, 2.75) is 26.1 Å². The third-order valence-corrected chi connectivity index (χ3v) is 2.34. The van der Waals surface area contributed by atoms with Crippen molar-refractivity contribution in [1.82, 2.24) is 10.2 Å². The van der Waals surface area contributed by atoms with E-state index in [0.29, 0.717) is 0 Å². The second kappa shape index (κ2) is 3.71. The van der Waals surface area contributed by atoms with Crippen LogP contribution in [-0.2, 0) is 4.79 Å². The number of amides is 3. The van der Waals surface area contributed by atoms with Crippen LogP contribution in [0.15, 0.2) is 0 Å². The molecular formula is C8H11F3N2O2. The average Bonchev–Trinajstić information content (AvgIpc) is 2.07. The minimum absolute atomic E-state index is 0.199. The summed E-state index contributed by atoms with van der Waals surface area (Å²) in [6.07, 6.45) is -4.56. The molecule has 0 radical (unpaired) electrons. The normalized spacial score (nSPS) is 27.9. The highest BCUT2D eigenvalue weighted by molar-refractivity contribution is 5.98. The summed E-state index contributed by atoms with van der Waals surface area (Å²) in [6, 6.07) is -1.42. The first-order valence-corrected chi connectivity index (χ1v) is 4.41. The van der Waals surface area contributed by atoms with Crippen LogP contribution < -0.4 is 5.32 Å². The van der Waals surface area contributed by atoms with E-state index in [1.165, 1.54) is 6.92 Å². The molecule has 86 valence electrons. The van der Waals surface area contributed by atoms with Crippen LogP contribution in [0.3, 0.4) is 0 Å². The number of alkyl halides is 3. The Bertz CT molecular complexity index is 290. The molecule has 2 atom stereocenters. The highest BCUT2D eigenvalue weighted by Gasteiger charge is 2.42. The molecule has 0 bridgehead atoms. The van der Waals surface area contributed by atoms with Crippen LogP contribution in [0.2, 0.25) is 0 Å². The van der Waals surface area contributed by atoms with Gasteiger partial charge in [0.05, 0.1) is 5.92 Å². The summed E-state index contributed by atoms with van der Waals surface area (Å²) in [4.78, 5) is 22.7. The Kier molecular flexibility index (Phi) is 2.92. The highest BCUT2D eigenvalue weighted by Crippen LogP contribution is 2.21. The van der Waals surface area contributed by atoms with E-state index in [0.717, 1.165) is 0 Å². The Balaban J connectivity index is 2.80. The molecule has 15 heavy (non-hydrogen) atoms. The second-order valence-corrected chi connectivity index (χ2v) is 3.57. The molecule has 0 aromatic heterocycles. The lowest BCUT2D eigenvalue weighted by molar-refractivity contribution is -0.159. The zero-order valence-corrected chi connectivity index (χ0v) is 8.26. The molecule has 1 heterocycles. The van der Waals surface area contributed by atoms with Gasteiger partial charge >= 0.3 is 12.2 Å². The maximum atomic E-state index is 12.0. The van der Waals surface area contributed by atoms with Crippen molar-refractivity contribution in [3.05, 3.63) is 0 Å². The lowest BCUT2D eigenvalue weighted by atomic mass is 10.00. The van der Waals surface area contributed by atoms with Gasteiger partial charge in [0, 0.05) is 6.04 Å². The van der Waals surface area contributed by atoms with Crippen molar-refractivity contribution >= 4 is 11.9 Å². The highest BCUT2D eigenvalue weighted by atomic mass is 19.4. The Morgan fingerprint density at radius 1 is 1.33 bits per heavy atom. The molecule has 1 rings (SSSR count). The van der Waals surface area contributed by atoms with Crippen LogP contribution in [0, 0.1) is 5.92 Å². The Morgan fingerprint density at radius 2 is 1.87 bits per heavy atom. The van der Waals surface area contributed by atoms with Gasteiger partial charge in [-0.15, -0.1) is 0 Å². The largest absolute Gasteiger partial charge is 0.406 e. The van der Waals surface area contributed by atoms with E-state index in [4.69, 9.17) is 0 Å². The second-order valence-electron chi connectivity index (χ2n) is 3.57. The molecule has 3 amide bonds. The maximum Gasteiger partial charge on any atom is 0.406 e. The van der Waals surface area contributed by atoms with Gasteiger partial charge < -0.3 is 5.32 Å². The first kappa shape index (κ1) is 11.8. The summed E-state index contributed by atoms with van der Waals surface area (Å²) in [5.41, 5.74) is 0. The lowest BCUT2D eigenvalue weighted by Crippen LogP contribution is -2.60. The van der Waals surface area contributed by atoms with Crippen molar-refractivity contribution < 1.29 is 22.8 Å². The van der Waals surface area contributed by atoms with E-state index in [1.807, 2.05) is 0 Å². The molecule has 0 spiro atoms. The van der Waals surface area contributed by atoms with Gasteiger partial charge in [0.15, 0.2) is 0 Å². The summed E-state index contributed by atoms with van der Waals surface area (Å²) in [5.74, 6) is -1.42. The first-order valence-electron chi connectivity index (χ1n) is 4.41. The van der Waals surface area contributed by atoms with Crippen molar-refractivity contribution in [2.24, 2.45) is 5.92 Å². The molecule has 0 aromatic carbocycles. The average molecular weight is 224 g/mol. The zero-order chi connectivity index (χ0) is 11.8. The fourth-order valence-corrected chi connectivity index (χ4v) is 1.29. The van der Waals surface area contributed by atoms with E-state index in [1.54, 1.807) is 6.92 Å². The number of carbonyl (C=O) groups is 2. The maximum absolute atomic E-state index is 12.0. The minimum atomic E-state index is -4.56. The fraction of sp³-hybridized carbons (Fsp3) is 0.750. The number of nitrogens with one attached hydrogen (secondary N) is 1. The van der Waals surface area contributed by atoms with Crippen molar-refractivity contribution in [2.75, 3.05) is 6.54 Å². The molecule has 1 saturated heterocycles. The van der Waals surface area contributed by atoms with Crippen LogP contribution in [-0.4, -0.2) is 35.6 Å². The molecule has 1 N–H and O–H groups in total. The molecule has 0 aliphatic carbocycles. The van der Waals surface area contributed by atoms with Crippen molar-refractivity contribution in [3.8, 4) is 0 Å². The number of nitrogens with zero attached hydrogens (tertiary/aromatic N) is 1. The quantitative estimate of drug-likeness (QED) is 0.725. The molecule has 1 aliphatic heterocycles. The molecule has 4 nitrogen and oxygen atoms in total. The van der Waals surface area contributed by atoms with E-state index in [-0.39, 0.29) is 4.90 Å². The third kappa shape index (κ3) is 2.60. The molecule has 1 aliphatic rings. The summed E-state index contributed by atoms with van der Waals surface area (Å²) in [5, 5.41) is 2.30. The van der Waals surface area contributed by atoms with Gasteiger partial charge in [0.2, 0.25) is 5.91 Å². The van der Waals surface area contributed by atoms with Crippen LogP contribution in [0.5, 0.6) is 0 Å². The van der Waals surface area contributed by atoms with E-state index >= 15 is 0 Å². The fourth-order valence-electron chi connectivity index (χ4n) is 1.29. The number of imide groups is 1. The zero-order valence-electron chi connectivity index (χ0n) is 8.26. The van der Waals surface area contributed by atoms with Crippen molar-refractivity contribution in [3.63, 3.8) is 0 Å². The topological polar surface area (TPSA) is 49.4 Å². The summed E-state index contributed by atoms with van der Waals surface area (Å²) in [7, 11) is 0. The van der Waals surface area contributed by atoms with Gasteiger partial charge in [-0.3, -0.25) is 9.69 Å². The van der Waals surface area contributed by atoms with Gasteiger partial charge in [-0.1, -0.05) is 6.92 Å². The van der Waals surface area contributed by atoms with E-state index in [9.17, 15) is 22.8 Å². The molecule has 1 fully saturated rings. The van der Waals surface area contributed by atoms with Gasteiger partial charge in [0.1, 0.15) is 6.54 Å². The van der Waals surface area contributed by atoms with Crippen LogP contribution in [0.4, 0.5) is 18.0 Å². The summed E-state index contributed by atoms with van der Waals surface area (Å²) < 4.78 is 36.1. The monoisotopic (exact) mass is 224 g/mol. The third-order valence-electron chi connectivity index (χ3n) is 2.34. The van der Waals surface area contributed by atoms with E-state index < -0.39 is 36.6 Å². The van der Waals surface area contributed by atoms with Crippen molar-refractivity contribution in [1.29, 1.82) is 0 Å². The smallest absolute Gasteiger partial charge is 0.334 e. The first-order chi connectivity index (χ1) is 6.72. The summed E-state index contributed by atoms with van der Waals surface area (Å²) >= 11 is 0. The number of urea groups is 1. The van der Waals surface area contributed by atoms with E-state index in [2.05, 4.69) is 5.32 Å². The van der Waals surface area contributed by atoms with Gasteiger partial charge in [-0.25, -0.2) is 4.79 Å². The van der Waals surface area contributed by atoms with Gasteiger partial charge in [-0.05, 0) is 6.92 Å². The van der Waals surface area contributed by atoms with Crippen LogP contribution in [0.1, 0.15) is 13.8 Å². The summed E-state index contributed by atoms with van der Waals surface area (Å²) in [6.45, 7) is 1.52. The standard InChI is InChI=1S/C8H11F3N2O2/c1-4-5(2)12-7(15)13(6(4)14)3-8(9,10)11/h4-5H,3H2,1-2H3,(H,12,15). The SMILES string of the molecule is CC1NC(=O)N(CC(F)(F)F)C(=O)C1C. The minimum Gasteiger partial charge on any atom is -0.334 e. The molecule has 0 saturated carbocycles. The molecule has 7 heteroatoms. The Morgan fingerprint density at radius 3 is 2.33 bits per heavy atom. The molecule has 0 aromatic rings. The van der Waals surface area contributed by atoms with Crippen LogP contribution >= 0.6 is 0 Å². The predicted molar refractivity (Wildman–Crippen MR) is 44.9 cm³/mol. The lowest BCUT2D eigenvalue weighted by Gasteiger charge is -2.34. The Hall–Kier alpha value is -1.27. The van der Waals surface area contributed by atoms with Gasteiger partial charge in [0.25, 0.3) is 0 Å². The number of halogens is 3. The number of hydrogen-bond acceptors (Lipinski definition) is 2. The number of rotatable bonds is 1.